The third-order valence-corrected chi connectivity index (χ3v) is 5.83. The van der Waals surface area contributed by atoms with Gasteiger partial charge in [0, 0.05) is 24.2 Å². The van der Waals surface area contributed by atoms with Crippen LogP contribution in [-0.2, 0) is 11.0 Å². The number of nitrogens with zero attached hydrogens (tertiary/aromatic N) is 2. The minimum Gasteiger partial charge on any atom is -0.312 e. The van der Waals surface area contributed by atoms with Crippen molar-refractivity contribution in [3.8, 4) is 0 Å². The molecule has 2 saturated carbocycles. The molecule has 0 radical (unpaired) electrons. The largest absolute Gasteiger partial charge is 0.423 e. The van der Waals surface area contributed by atoms with Crippen LogP contribution >= 0.6 is 0 Å². The van der Waals surface area contributed by atoms with Gasteiger partial charge in [-0.15, -0.1) is 0 Å². The second kappa shape index (κ2) is 4.94. The van der Waals surface area contributed by atoms with Crippen molar-refractivity contribution in [1.29, 1.82) is 0 Å². The first kappa shape index (κ1) is 15.4. The van der Waals surface area contributed by atoms with Gasteiger partial charge < -0.3 is 4.90 Å². The first-order chi connectivity index (χ1) is 11.3. The van der Waals surface area contributed by atoms with Crippen molar-refractivity contribution in [2.75, 3.05) is 11.4 Å². The molecule has 128 valence electrons. The normalized spacial score (nSPS) is 31.6. The number of halogens is 3. The first-order valence-corrected chi connectivity index (χ1v) is 7.94. The van der Waals surface area contributed by atoms with Crippen LogP contribution in [0.25, 0.3) is 0 Å². The van der Waals surface area contributed by atoms with Crippen LogP contribution in [0.2, 0.25) is 0 Å². The zero-order valence-corrected chi connectivity index (χ0v) is 12.6. The molecule has 0 spiro atoms. The Labute approximate surface area is 135 Å². The molecule has 1 aromatic carbocycles. The van der Waals surface area contributed by atoms with Crippen LogP contribution in [0.5, 0.6) is 0 Å². The maximum absolute atomic E-state index is 13.1. The number of carbonyl (C=O) groups excluding carboxylic acids is 1. The Bertz CT molecular complexity index is 734. The van der Waals surface area contributed by atoms with E-state index in [9.17, 15) is 28.1 Å². The molecule has 5 nitrogen and oxygen atoms in total. The molecular weight excluding hydrogens is 325 g/mol. The van der Waals surface area contributed by atoms with Gasteiger partial charge in [0.2, 0.25) is 5.91 Å². The smallest absolute Gasteiger partial charge is 0.312 e. The quantitative estimate of drug-likeness (QED) is 0.610. The third-order valence-electron chi connectivity index (χ3n) is 5.83. The molecule has 3 fully saturated rings. The van der Waals surface area contributed by atoms with Crippen molar-refractivity contribution in [3.05, 3.63) is 33.9 Å². The second-order valence-electron chi connectivity index (χ2n) is 6.93. The highest BCUT2D eigenvalue weighted by Gasteiger charge is 2.56. The highest BCUT2D eigenvalue weighted by molar-refractivity contribution is 5.98. The zero-order chi connectivity index (χ0) is 17.2. The number of hydrogen-bond acceptors (Lipinski definition) is 3. The van der Waals surface area contributed by atoms with E-state index in [1.807, 2.05) is 0 Å². The Morgan fingerprint density at radius 1 is 1.21 bits per heavy atom. The molecule has 1 saturated heterocycles. The summed E-state index contributed by atoms with van der Waals surface area (Å²) in [5, 5.41) is 10.8. The minimum absolute atomic E-state index is 0.0896. The molecule has 4 atom stereocenters. The van der Waals surface area contributed by atoms with Gasteiger partial charge in [0.15, 0.2) is 0 Å². The van der Waals surface area contributed by atoms with E-state index in [1.54, 1.807) is 0 Å². The number of nitro benzene ring substituents is 1. The summed E-state index contributed by atoms with van der Waals surface area (Å²) < 4.78 is 39.4. The highest BCUT2D eigenvalue weighted by atomic mass is 19.4. The molecule has 8 heteroatoms. The molecule has 3 aliphatic rings. The van der Waals surface area contributed by atoms with Gasteiger partial charge in [0.05, 0.1) is 4.92 Å². The van der Waals surface area contributed by atoms with Crippen molar-refractivity contribution in [2.24, 2.45) is 23.7 Å². The fourth-order valence-corrected chi connectivity index (χ4v) is 4.85. The van der Waals surface area contributed by atoms with Crippen molar-refractivity contribution in [1.82, 2.24) is 0 Å². The van der Waals surface area contributed by atoms with Crippen LogP contribution in [0, 0.1) is 33.8 Å². The highest BCUT2D eigenvalue weighted by Crippen LogP contribution is 2.56. The Morgan fingerprint density at radius 3 is 2.54 bits per heavy atom. The number of fused-ring (bicyclic) bond motifs is 5. The fraction of sp³-hybridized carbons (Fsp3) is 0.562. The molecule has 1 heterocycles. The number of rotatable bonds is 2. The monoisotopic (exact) mass is 340 g/mol. The van der Waals surface area contributed by atoms with Crippen LogP contribution in [0.1, 0.15) is 24.8 Å². The van der Waals surface area contributed by atoms with Gasteiger partial charge in [-0.25, -0.2) is 0 Å². The van der Waals surface area contributed by atoms with Gasteiger partial charge in [-0.05, 0) is 49.1 Å². The van der Waals surface area contributed by atoms with Crippen molar-refractivity contribution < 1.29 is 22.9 Å². The summed E-state index contributed by atoms with van der Waals surface area (Å²) in [5.41, 5.74) is -2.19. The molecule has 4 rings (SSSR count). The van der Waals surface area contributed by atoms with E-state index >= 15 is 0 Å². The van der Waals surface area contributed by atoms with Gasteiger partial charge in [-0.1, -0.05) is 0 Å². The van der Waals surface area contributed by atoms with Crippen molar-refractivity contribution >= 4 is 17.3 Å². The summed E-state index contributed by atoms with van der Waals surface area (Å²) in [5.74, 6) is 0.815. The summed E-state index contributed by atoms with van der Waals surface area (Å²) in [6, 6.07) is 2.82. The Balaban J connectivity index is 1.70. The Kier molecular flexibility index (Phi) is 3.17. The molecule has 24 heavy (non-hydrogen) atoms. The van der Waals surface area contributed by atoms with E-state index < -0.39 is 22.4 Å². The average molecular weight is 340 g/mol. The number of benzene rings is 1. The third kappa shape index (κ3) is 2.12. The molecular formula is C16H15F3N2O3. The topological polar surface area (TPSA) is 63.5 Å². The fourth-order valence-electron chi connectivity index (χ4n) is 4.85. The molecule has 1 amide bonds. The number of carbonyl (C=O) groups is 1. The maximum Gasteiger partial charge on any atom is 0.423 e. The van der Waals surface area contributed by atoms with Crippen LogP contribution in [-0.4, -0.2) is 17.4 Å². The number of amides is 1. The maximum atomic E-state index is 13.1. The number of nitro groups is 1. The van der Waals surface area contributed by atoms with Crippen LogP contribution < -0.4 is 4.90 Å². The summed E-state index contributed by atoms with van der Waals surface area (Å²) >= 11 is 0. The first-order valence-electron chi connectivity index (χ1n) is 7.94. The molecule has 2 unspecified atom stereocenters. The lowest BCUT2D eigenvalue weighted by atomic mass is 9.81. The molecule has 2 bridgehead atoms. The van der Waals surface area contributed by atoms with Gasteiger partial charge in [0.1, 0.15) is 5.56 Å². The lowest BCUT2D eigenvalue weighted by Crippen LogP contribution is -2.29. The van der Waals surface area contributed by atoms with Gasteiger partial charge in [0.25, 0.3) is 5.69 Å². The predicted octanol–water partition coefficient (Wildman–Crippen LogP) is 3.62. The molecule has 0 aromatic heterocycles. The lowest BCUT2D eigenvalue weighted by molar-refractivity contribution is -0.388. The summed E-state index contributed by atoms with van der Waals surface area (Å²) in [7, 11) is 0. The molecule has 2 aliphatic carbocycles. The number of hydrogen-bond donors (Lipinski definition) is 0. The number of anilines is 1. The Hall–Kier alpha value is -2.12. The van der Waals surface area contributed by atoms with E-state index in [0.717, 1.165) is 31.4 Å². The standard InChI is InChI=1S/C16H15F3N2O3/c17-16(18,19)12-6-10(3-4-13(12)21(23)24)20-7-11-8-1-2-9(5-8)14(11)15(20)22/h3-4,6,8-9,11,14H,1-2,5,7H2/t8?,9?,11-,14+/m1/s1. The SMILES string of the molecule is O=C1[C@H]2C3CCC(C3)[C@H]2CN1c1ccc([N+](=O)[O-])c(C(F)(F)F)c1. The van der Waals surface area contributed by atoms with Crippen LogP contribution in [0.15, 0.2) is 18.2 Å². The van der Waals surface area contributed by atoms with E-state index in [2.05, 4.69) is 0 Å². The molecule has 1 aliphatic heterocycles. The summed E-state index contributed by atoms with van der Waals surface area (Å²) in [4.78, 5) is 23.9. The van der Waals surface area contributed by atoms with Crippen molar-refractivity contribution in [2.45, 2.75) is 25.4 Å². The van der Waals surface area contributed by atoms with Crippen molar-refractivity contribution in [3.63, 3.8) is 0 Å². The van der Waals surface area contributed by atoms with Gasteiger partial charge in [-0.3, -0.25) is 14.9 Å². The number of alkyl halides is 3. The van der Waals surface area contributed by atoms with Crippen LogP contribution in [0.4, 0.5) is 24.5 Å². The van der Waals surface area contributed by atoms with Gasteiger partial charge >= 0.3 is 6.18 Å². The summed E-state index contributed by atoms with van der Waals surface area (Å²) in [6.07, 6.45) is -1.69. The average Bonchev–Trinajstić information content (AvgIpc) is 3.19. The Morgan fingerprint density at radius 2 is 1.92 bits per heavy atom. The van der Waals surface area contributed by atoms with E-state index in [1.165, 1.54) is 11.0 Å². The van der Waals surface area contributed by atoms with E-state index in [4.69, 9.17) is 0 Å². The molecule has 1 aromatic rings. The van der Waals surface area contributed by atoms with E-state index in [0.29, 0.717) is 18.4 Å². The van der Waals surface area contributed by atoms with Gasteiger partial charge in [-0.2, -0.15) is 13.2 Å². The predicted molar refractivity (Wildman–Crippen MR) is 78.3 cm³/mol. The molecule has 0 N–H and O–H groups in total. The minimum atomic E-state index is -4.84. The van der Waals surface area contributed by atoms with E-state index in [-0.39, 0.29) is 23.4 Å². The summed E-state index contributed by atoms with van der Waals surface area (Å²) in [6.45, 7) is 0.416. The zero-order valence-electron chi connectivity index (χ0n) is 12.6. The van der Waals surface area contributed by atoms with Crippen LogP contribution in [0.3, 0.4) is 0 Å². The lowest BCUT2D eigenvalue weighted by Gasteiger charge is -2.20. The second-order valence-corrected chi connectivity index (χ2v) is 6.93.